The molecule has 2 aromatic rings. The number of carbonyl (C=O) groups is 1. The first-order valence-corrected chi connectivity index (χ1v) is 7.51. The van der Waals surface area contributed by atoms with Gasteiger partial charge in [0, 0.05) is 17.2 Å². The van der Waals surface area contributed by atoms with Gasteiger partial charge in [-0.15, -0.1) is 0 Å². The zero-order valence-corrected chi connectivity index (χ0v) is 14.0. The van der Waals surface area contributed by atoms with Gasteiger partial charge in [0.05, 0.1) is 7.11 Å². The van der Waals surface area contributed by atoms with Crippen molar-refractivity contribution in [1.29, 1.82) is 0 Å². The van der Waals surface area contributed by atoms with Gasteiger partial charge in [0.1, 0.15) is 11.5 Å². The van der Waals surface area contributed by atoms with Gasteiger partial charge in [-0.25, -0.2) is 0 Å². The summed E-state index contributed by atoms with van der Waals surface area (Å²) in [5, 5.41) is 10.2. The van der Waals surface area contributed by atoms with Crippen molar-refractivity contribution in [2.75, 3.05) is 7.11 Å². The number of aliphatic hydroxyl groups is 1. The Kier molecular flexibility index (Phi) is 4.89. The van der Waals surface area contributed by atoms with Gasteiger partial charge in [-0.2, -0.15) is 0 Å². The molecule has 0 unspecified atom stereocenters. The van der Waals surface area contributed by atoms with E-state index in [1.807, 2.05) is 24.3 Å². The molecule has 0 aliphatic rings. The minimum absolute atomic E-state index is 0.0359. The van der Waals surface area contributed by atoms with E-state index in [0.717, 1.165) is 0 Å². The highest BCUT2D eigenvalue weighted by Gasteiger charge is 2.13. The molecule has 0 heterocycles. The van der Waals surface area contributed by atoms with E-state index in [9.17, 15) is 9.90 Å². The molecule has 0 spiro atoms. The number of allylic oxidation sites excluding steroid dienone is 1. The maximum Gasteiger partial charge on any atom is 0.189 e. The molecule has 23 heavy (non-hydrogen) atoms. The molecule has 0 radical (unpaired) electrons. The van der Waals surface area contributed by atoms with Crippen LogP contribution in [0.3, 0.4) is 0 Å². The summed E-state index contributed by atoms with van der Waals surface area (Å²) in [7, 11) is 1.57. The van der Waals surface area contributed by atoms with Crippen LogP contribution in [-0.4, -0.2) is 18.0 Å². The van der Waals surface area contributed by atoms with Gasteiger partial charge >= 0.3 is 0 Å². The van der Waals surface area contributed by atoms with Crippen molar-refractivity contribution in [1.82, 2.24) is 0 Å². The van der Waals surface area contributed by atoms with Gasteiger partial charge < -0.3 is 9.84 Å². The molecule has 0 saturated heterocycles. The summed E-state index contributed by atoms with van der Waals surface area (Å²) in [6, 6.07) is 14.4. The van der Waals surface area contributed by atoms with E-state index in [1.165, 1.54) is 11.6 Å². The third-order valence-corrected chi connectivity index (χ3v) is 3.69. The molecule has 3 nitrogen and oxygen atoms in total. The quantitative estimate of drug-likeness (QED) is 0.502. The maximum absolute atomic E-state index is 12.2. The summed E-state index contributed by atoms with van der Waals surface area (Å²) in [4.78, 5) is 12.2. The monoisotopic (exact) mass is 310 g/mol. The maximum atomic E-state index is 12.2. The fraction of sp³-hybridized carbons (Fsp3) is 0.250. The summed E-state index contributed by atoms with van der Waals surface area (Å²) in [5.41, 5.74) is 2.36. The van der Waals surface area contributed by atoms with Crippen LogP contribution in [0.4, 0.5) is 0 Å². The standard InChI is InChI=1S/C20H22O3/c1-20(2,3)16-9-5-14(6-10-16)18(21)13-19(22)15-7-11-17(23-4)12-8-15/h5-13,21H,1-4H3/b18-13-. The van der Waals surface area contributed by atoms with Crippen molar-refractivity contribution in [3.05, 3.63) is 71.3 Å². The molecule has 0 aliphatic heterocycles. The van der Waals surface area contributed by atoms with Crippen molar-refractivity contribution < 1.29 is 14.6 Å². The minimum atomic E-state index is -0.245. The average Bonchev–Trinajstić information content (AvgIpc) is 2.54. The molecule has 1 N–H and O–H groups in total. The fourth-order valence-electron chi connectivity index (χ4n) is 2.19. The molecule has 0 atom stereocenters. The number of rotatable bonds is 4. The second-order valence-electron chi connectivity index (χ2n) is 6.45. The Hall–Kier alpha value is -2.55. The SMILES string of the molecule is COc1ccc(C(=O)/C=C(\O)c2ccc(C(C)(C)C)cc2)cc1. The van der Waals surface area contributed by atoms with E-state index in [4.69, 9.17) is 4.74 Å². The van der Waals surface area contributed by atoms with E-state index in [2.05, 4.69) is 20.8 Å². The average molecular weight is 310 g/mol. The predicted molar refractivity (Wildman–Crippen MR) is 93.1 cm³/mol. The third-order valence-electron chi connectivity index (χ3n) is 3.69. The van der Waals surface area contributed by atoms with Crippen LogP contribution >= 0.6 is 0 Å². The van der Waals surface area contributed by atoms with E-state index in [-0.39, 0.29) is 17.0 Å². The van der Waals surface area contributed by atoms with Crippen molar-refractivity contribution in [2.45, 2.75) is 26.2 Å². The van der Waals surface area contributed by atoms with Gasteiger partial charge in [-0.3, -0.25) is 4.79 Å². The summed E-state index contributed by atoms with van der Waals surface area (Å²) in [5.74, 6) is 0.406. The van der Waals surface area contributed by atoms with Crippen LogP contribution in [0.15, 0.2) is 54.6 Å². The Labute approximate surface area is 137 Å². The fourth-order valence-corrected chi connectivity index (χ4v) is 2.19. The smallest absolute Gasteiger partial charge is 0.189 e. The van der Waals surface area contributed by atoms with E-state index < -0.39 is 0 Å². The summed E-state index contributed by atoms with van der Waals surface area (Å²) in [6.07, 6.45) is 1.24. The Balaban J connectivity index is 2.19. The van der Waals surface area contributed by atoms with Gasteiger partial charge in [-0.1, -0.05) is 45.0 Å². The Morgan fingerprint density at radius 2 is 1.48 bits per heavy atom. The lowest BCUT2D eigenvalue weighted by Crippen LogP contribution is -2.10. The topological polar surface area (TPSA) is 46.5 Å². The van der Waals surface area contributed by atoms with Gasteiger partial charge in [0.25, 0.3) is 0 Å². The highest BCUT2D eigenvalue weighted by atomic mass is 16.5. The normalized spacial score (nSPS) is 12.1. The van der Waals surface area contributed by atoms with Crippen LogP contribution in [0.1, 0.15) is 42.3 Å². The van der Waals surface area contributed by atoms with Crippen molar-refractivity contribution in [3.8, 4) is 5.75 Å². The van der Waals surface area contributed by atoms with Crippen molar-refractivity contribution in [2.24, 2.45) is 0 Å². The molecule has 0 amide bonds. The molecular weight excluding hydrogens is 288 g/mol. The summed E-state index contributed by atoms with van der Waals surface area (Å²) >= 11 is 0. The lowest BCUT2D eigenvalue weighted by molar-refractivity contribution is 0.104. The second kappa shape index (κ2) is 6.69. The van der Waals surface area contributed by atoms with E-state index in [1.54, 1.807) is 31.4 Å². The first-order valence-electron chi connectivity index (χ1n) is 7.51. The second-order valence-corrected chi connectivity index (χ2v) is 6.45. The van der Waals surface area contributed by atoms with Crippen LogP contribution in [0.25, 0.3) is 5.76 Å². The molecule has 2 rings (SSSR count). The van der Waals surface area contributed by atoms with E-state index in [0.29, 0.717) is 16.9 Å². The molecule has 2 aromatic carbocycles. The number of aliphatic hydroxyl groups excluding tert-OH is 1. The zero-order valence-electron chi connectivity index (χ0n) is 14.0. The Bertz CT molecular complexity index is 702. The Morgan fingerprint density at radius 1 is 0.957 bits per heavy atom. The van der Waals surface area contributed by atoms with E-state index >= 15 is 0 Å². The molecule has 0 aliphatic carbocycles. The Morgan fingerprint density at radius 3 is 1.96 bits per heavy atom. The molecule has 0 saturated carbocycles. The molecular formula is C20H22O3. The highest BCUT2D eigenvalue weighted by molar-refractivity contribution is 6.07. The molecule has 0 aromatic heterocycles. The van der Waals surface area contributed by atoms with Gasteiger partial charge in [-0.05, 0) is 35.2 Å². The zero-order chi connectivity index (χ0) is 17.0. The molecule has 0 fully saturated rings. The number of ketones is 1. The molecule has 120 valence electrons. The highest BCUT2D eigenvalue weighted by Crippen LogP contribution is 2.24. The number of benzene rings is 2. The predicted octanol–water partition coefficient (Wildman–Crippen LogP) is 4.77. The molecule has 3 heteroatoms. The largest absolute Gasteiger partial charge is 0.507 e. The third kappa shape index (κ3) is 4.22. The summed E-state index contributed by atoms with van der Waals surface area (Å²) in [6.45, 7) is 6.39. The minimum Gasteiger partial charge on any atom is -0.507 e. The van der Waals surface area contributed by atoms with Crippen molar-refractivity contribution in [3.63, 3.8) is 0 Å². The summed E-state index contributed by atoms with van der Waals surface area (Å²) < 4.78 is 5.06. The van der Waals surface area contributed by atoms with Gasteiger partial charge in [0.15, 0.2) is 5.78 Å². The number of hydrogen-bond donors (Lipinski definition) is 1. The van der Waals surface area contributed by atoms with Crippen molar-refractivity contribution >= 4 is 11.5 Å². The number of hydrogen-bond acceptors (Lipinski definition) is 3. The lowest BCUT2D eigenvalue weighted by atomic mass is 9.86. The van der Waals surface area contributed by atoms with Crippen LogP contribution < -0.4 is 4.74 Å². The van der Waals surface area contributed by atoms with Gasteiger partial charge in [0.2, 0.25) is 0 Å². The first-order chi connectivity index (χ1) is 10.8. The van der Waals surface area contributed by atoms with Crippen LogP contribution in [0, 0.1) is 0 Å². The molecule has 0 bridgehead atoms. The van der Waals surface area contributed by atoms with Crippen LogP contribution in [0.5, 0.6) is 5.75 Å². The first kappa shape index (κ1) is 16.8. The van der Waals surface area contributed by atoms with Crippen LogP contribution in [-0.2, 0) is 5.41 Å². The van der Waals surface area contributed by atoms with Crippen LogP contribution in [0.2, 0.25) is 0 Å². The lowest BCUT2D eigenvalue weighted by Gasteiger charge is -2.19. The number of methoxy groups -OCH3 is 1. The number of carbonyl (C=O) groups excluding carboxylic acids is 1. The number of ether oxygens (including phenoxy) is 1.